The molecule has 0 aliphatic heterocycles. The van der Waals surface area contributed by atoms with Gasteiger partial charge in [0.05, 0.1) is 0 Å². The summed E-state index contributed by atoms with van der Waals surface area (Å²) in [4.78, 5) is 21.4. The number of hydrogen-bond acceptors (Lipinski definition) is 3. The van der Waals surface area contributed by atoms with Crippen LogP contribution in [-0.4, -0.2) is 12.0 Å². The number of rotatable bonds is 1. The van der Waals surface area contributed by atoms with Crippen molar-refractivity contribution in [2.75, 3.05) is 0 Å². The van der Waals surface area contributed by atoms with Crippen LogP contribution in [0, 0.1) is 0 Å². The first-order chi connectivity index (χ1) is 6.58. The summed E-state index contributed by atoms with van der Waals surface area (Å²) in [5.41, 5.74) is 0. The average Bonchev–Trinajstić information content (AvgIpc) is 2.01. The lowest BCUT2D eigenvalue weighted by atomic mass is 10.3. The predicted octanol–water partition coefficient (Wildman–Crippen LogP) is 1.97. The standard InChI is InChI=1S/C9H8ClNO3/c1-6(12)11-9(13)14-8-4-2-3-7(10)5-8/h2-5H,1H3,(H,11,12,13). The Morgan fingerprint density at radius 3 is 2.71 bits per heavy atom. The van der Waals surface area contributed by atoms with Crippen LogP contribution >= 0.6 is 11.6 Å². The molecule has 0 bridgehead atoms. The molecule has 0 unspecified atom stereocenters. The van der Waals surface area contributed by atoms with E-state index in [1.54, 1.807) is 18.2 Å². The van der Waals surface area contributed by atoms with Crippen molar-refractivity contribution in [2.24, 2.45) is 0 Å². The fraction of sp³-hybridized carbons (Fsp3) is 0.111. The number of nitrogens with one attached hydrogen (secondary N) is 1. The lowest BCUT2D eigenvalue weighted by Gasteiger charge is -2.03. The van der Waals surface area contributed by atoms with Crippen molar-refractivity contribution < 1.29 is 14.3 Å². The first kappa shape index (κ1) is 10.5. The molecule has 0 aliphatic carbocycles. The van der Waals surface area contributed by atoms with E-state index in [0.29, 0.717) is 5.02 Å². The third-order valence-electron chi connectivity index (χ3n) is 1.28. The van der Waals surface area contributed by atoms with Gasteiger partial charge in [-0.25, -0.2) is 4.79 Å². The molecule has 0 heterocycles. The number of carbonyl (C=O) groups excluding carboxylic acids is 2. The van der Waals surface area contributed by atoms with Gasteiger partial charge in [-0.2, -0.15) is 0 Å². The number of imide groups is 1. The fourth-order valence-corrected chi connectivity index (χ4v) is 0.987. The van der Waals surface area contributed by atoms with Crippen LogP contribution in [0.25, 0.3) is 0 Å². The Morgan fingerprint density at radius 2 is 2.14 bits per heavy atom. The topological polar surface area (TPSA) is 55.4 Å². The lowest BCUT2D eigenvalue weighted by molar-refractivity contribution is -0.118. The van der Waals surface area contributed by atoms with Gasteiger partial charge in [0.2, 0.25) is 5.91 Å². The summed E-state index contributed by atoms with van der Waals surface area (Å²) in [7, 11) is 0. The Hall–Kier alpha value is -1.55. The van der Waals surface area contributed by atoms with Crippen molar-refractivity contribution in [3.8, 4) is 5.75 Å². The third-order valence-corrected chi connectivity index (χ3v) is 1.52. The Labute approximate surface area is 85.8 Å². The van der Waals surface area contributed by atoms with E-state index in [-0.39, 0.29) is 5.75 Å². The highest BCUT2D eigenvalue weighted by molar-refractivity contribution is 6.30. The predicted molar refractivity (Wildman–Crippen MR) is 51.3 cm³/mol. The molecule has 0 spiro atoms. The van der Waals surface area contributed by atoms with Gasteiger partial charge in [-0.05, 0) is 18.2 Å². The molecule has 4 nitrogen and oxygen atoms in total. The second-order valence-corrected chi connectivity index (χ2v) is 2.96. The Morgan fingerprint density at radius 1 is 1.43 bits per heavy atom. The number of ether oxygens (including phenoxy) is 1. The van der Waals surface area contributed by atoms with E-state index in [1.807, 2.05) is 5.32 Å². The van der Waals surface area contributed by atoms with Crippen molar-refractivity contribution in [3.63, 3.8) is 0 Å². The van der Waals surface area contributed by atoms with Gasteiger partial charge in [-0.3, -0.25) is 10.1 Å². The summed E-state index contributed by atoms with van der Waals surface area (Å²) in [6, 6.07) is 6.32. The number of carbonyl (C=O) groups is 2. The number of benzene rings is 1. The zero-order valence-electron chi connectivity index (χ0n) is 7.41. The molecule has 0 aliphatic rings. The average molecular weight is 214 g/mol. The quantitative estimate of drug-likeness (QED) is 0.776. The molecular weight excluding hydrogens is 206 g/mol. The zero-order chi connectivity index (χ0) is 10.6. The van der Waals surface area contributed by atoms with Crippen LogP contribution in [0.2, 0.25) is 5.02 Å². The second-order valence-electron chi connectivity index (χ2n) is 2.53. The molecule has 0 radical (unpaired) electrons. The van der Waals surface area contributed by atoms with Crippen LogP contribution in [0.1, 0.15) is 6.92 Å². The van der Waals surface area contributed by atoms with E-state index in [1.165, 1.54) is 13.0 Å². The highest BCUT2D eigenvalue weighted by Gasteiger charge is 2.05. The molecule has 2 amide bonds. The number of hydrogen-bond donors (Lipinski definition) is 1. The summed E-state index contributed by atoms with van der Waals surface area (Å²) in [6.45, 7) is 1.22. The summed E-state index contributed by atoms with van der Waals surface area (Å²) in [6.07, 6.45) is -0.820. The van der Waals surface area contributed by atoms with Crippen LogP contribution in [0.3, 0.4) is 0 Å². The van der Waals surface area contributed by atoms with Crippen LogP contribution in [-0.2, 0) is 4.79 Å². The molecule has 0 saturated carbocycles. The summed E-state index contributed by atoms with van der Waals surface area (Å²) < 4.78 is 4.75. The van der Waals surface area contributed by atoms with E-state index in [9.17, 15) is 9.59 Å². The first-order valence-electron chi connectivity index (χ1n) is 3.83. The summed E-state index contributed by atoms with van der Waals surface area (Å²) >= 11 is 5.66. The number of amides is 2. The Kier molecular flexibility index (Phi) is 3.48. The molecule has 5 heteroatoms. The summed E-state index contributed by atoms with van der Waals surface area (Å²) in [5, 5.41) is 2.42. The van der Waals surface area contributed by atoms with E-state index >= 15 is 0 Å². The zero-order valence-corrected chi connectivity index (χ0v) is 8.17. The Balaban J connectivity index is 2.60. The molecule has 0 saturated heterocycles. The van der Waals surface area contributed by atoms with Crippen molar-refractivity contribution in [2.45, 2.75) is 6.92 Å². The molecular formula is C9H8ClNO3. The highest BCUT2D eigenvalue weighted by atomic mass is 35.5. The lowest BCUT2D eigenvalue weighted by Crippen LogP contribution is -2.30. The maximum atomic E-state index is 10.9. The monoisotopic (exact) mass is 213 g/mol. The van der Waals surface area contributed by atoms with Crippen molar-refractivity contribution in [3.05, 3.63) is 29.3 Å². The van der Waals surface area contributed by atoms with Crippen LogP contribution in [0.5, 0.6) is 5.75 Å². The van der Waals surface area contributed by atoms with Gasteiger partial charge in [0.1, 0.15) is 5.75 Å². The van der Waals surface area contributed by atoms with Gasteiger partial charge in [0.25, 0.3) is 0 Å². The van der Waals surface area contributed by atoms with Crippen LogP contribution in [0.4, 0.5) is 4.79 Å². The van der Waals surface area contributed by atoms with Crippen molar-refractivity contribution in [1.82, 2.24) is 5.32 Å². The van der Waals surface area contributed by atoms with Crippen molar-refractivity contribution in [1.29, 1.82) is 0 Å². The minimum atomic E-state index is -0.820. The number of halogens is 1. The van der Waals surface area contributed by atoms with E-state index in [2.05, 4.69) is 0 Å². The molecule has 14 heavy (non-hydrogen) atoms. The molecule has 1 aromatic carbocycles. The highest BCUT2D eigenvalue weighted by Crippen LogP contribution is 2.16. The SMILES string of the molecule is CC(=O)NC(=O)Oc1cccc(Cl)c1. The van der Waals surface area contributed by atoms with Crippen LogP contribution < -0.4 is 10.1 Å². The molecule has 1 N–H and O–H groups in total. The fourth-order valence-electron chi connectivity index (χ4n) is 0.807. The summed E-state index contributed by atoms with van der Waals surface area (Å²) in [5.74, 6) is -0.187. The second kappa shape index (κ2) is 4.62. The molecule has 1 aromatic rings. The molecule has 0 atom stereocenters. The maximum absolute atomic E-state index is 10.9. The molecule has 0 aromatic heterocycles. The molecule has 1 rings (SSSR count). The van der Waals surface area contributed by atoms with E-state index in [4.69, 9.17) is 16.3 Å². The normalized spacial score (nSPS) is 9.29. The Bertz CT molecular complexity index is 365. The van der Waals surface area contributed by atoms with E-state index < -0.39 is 12.0 Å². The minimum absolute atomic E-state index is 0.288. The first-order valence-corrected chi connectivity index (χ1v) is 4.20. The van der Waals surface area contributed by atoms with Crippen LogP contribution in [0.15, 0.2) is 24.3 Å². The van der Waals surface area contributed by atoms with Gasteiger partial charge in [-0.1, -0.05) is 17.7 Å². The molecule has 74 valence electrons. The van der Waals surface area contributed by atoms with Gasteiger partial charge < -0.3 is 4.74 Å². The van der Waals surface area contributed by atoms with Gasteiger partial charge >= 0.3 is 6.09 Å². The van der Waals surface area contributed by atoms with Gasteiger partial charge in [-0.15, -0.1) is 0 Å². The van der Waals surface area contributed by atoms with E-state index in [0.717, 1.165) is 0 Å². The van der Waals surface area contributed by atoms with Gasteiger partial charge in [0, 0.05) is 11.9 Å². The third kappa shape index (κ3) is 3.45. The minimum Gasteiger partial charge on any atom is -0.410 e. The van der Waals surface area contributed by atoms with Crippen molar-refractivity contribution >= 4 is 23.6 Å². The van der Waals surface area contributed by atoms with Gasteiger partial charge in [0.15, 0.2) is 0 Å². The maximum Gasteiger partial charge on any atom is 0.419 e. The largest absolute Gasteiger partial charge is 0.419 e. The smallest absolute Gasteiger partial charge is 0.410 e. The molecule has 0 fully saturated rings.